The van der Waals surface area contributed by atoms with Crippen molar-refractivity contribution in [2.45, 2.75) is 32.2 Å². The summed E-state index contributed by atoms with van der Waals surface area (Å²) < 4.78 is 5.91. The zero-order valence-electron chi connectivity index (χ0n) is 14.4. The molecule has 3 heterocycles. The Morgan fingerprint density at radius 2 is 1.80 bits per heavy atom. The molecule has 0 amide bonds. The maximum absolute atomic E-state index is 5.91. The highest BCUT2D eigenvalue weighted by molar-refractivity contribution is 5.50. The number of hydrogen-bond acceptors (Lipinski definition) is 5. The second-order valence-electron chi connectivity index (χ2n) is 6.66. The lowest BCUT2D eigenvalue weighted by Crippen LogP contribution is -2.32. The van der Waals surface area contributed by atoms with Gasteiger partial charge in [-0.05, 0) is 56.1 Å². The number of hydrogen-bond donors (Lipinski definition) is 0. The van der Waals surface area contributed by atoms with Crippen LogP contribution in [0.25, 0.3) is 11.5 Å². The van der Waals surface area contributed by atoms with E-state index in [-0.39, 0.29) is 0 Å². The van der Waals surface area contributed by atoms with E-state index in [1.807, 2.05) is 12.1 Å². The predicted molar refractivity (Wildman–Crippen MR) is 96.0 cm³/mol. The van der Waals surface area contributed by atoms with Gasteiger partial charge in [-0.2, -0.15) is 0 Å². The molecule has 5 heteroatoms. The summed E-state index contributed by atoms with van der Waals surface area (Å²) in [4.78, 5) is 6.53. The third-order valence-corrected chi connectivity index (χ3v) is 4.96. The minimum atomic E-state index is 0.358. The van der Waals surface area contributed by atoms with Crippen LogP contribution in [-0.2, 0) is 6.54 Å². The van der Waals surface area contributed by atoms with Crippen molar-refractivity contribution < 1.29 is 4.42 Å². The van der Waals surface area contributed by atoms with E-state index in [2.05, 4.69) is 51.3 Å². The summed E-state index contributed by atoms with van der Waals surface area (Å²) in [5.74, 6) is 1.71. The van der Waals surface area contributed by atoms with Gasteiger partial charge in [0.05, 0.1) is 0 Å². The Morgan fingerprint density at radius 1 is 1.04 bits per heavy atom. The molecule has 1 saturated heterocycles. The number of piperidine rings is 1. The molecule has 4 rings (SSSR count). The molecule has 1 aliphatic rings. The molecule has 2 aromatic heterocycles. The highest BCUT2D eigenvalue weighted by atomic mass is 16.4. The van der Waals surface area contributed by atoms with Gasteiger partial charge in [0.15, 0.2) is 0 Å². The molecular weight excluding hydrogens is 312 g/mol. The minimum Gasteiger partial charge on any atom is -0.420 e. The normalized spacial score (nSPS) is 16.2. The summed E-state index contributed by atoms with van der Waals surface area (Å²) in [6.45, 7) is 5.32. The first-order valence-electron chi connectivity index (χ1n) is 8.80. The molecule has 0 atom stereocenters. The van der Waals surface area contributed by atoms with Crippen LogP contribution in [0.2, 0.25) is 0 Å². The van der Waals surface area contributed by atoms with Crippen LogP contribution in [0, 0.1) is 6.92 Å². The average Bonchev–Trinajstić information content (AvgIpc) is 3.15. The Morgan fingerprint density at radius 3 is 2.56 bits per heavy atom. The van der Waals surface area contributed by atoms with Gasteiger partial charge in [0.25, 0.3) is 0 Å². The van der Waals surface area contributed by atoms with E-state index < -0.39 is 0 Å². The summed E-state index contributed by atoms with van der Waals surface area (Å²) >= 11 is 0. The first kappa shape index (κ1) is 16.0. The zero-order chi connectivity index (χ0) is 17.1. The van der Waals surface area contributed by atoms with Gasteiger partial charge in [0, 0.05) is 30.4 Å². The Balaban J connectivity index is 1.38. The molecule has 0 saturated carbocycles. The van der Waals surface area contributed by atoms with E-state index in [0.29, 0.717) is 11.8 Å². The molecule has 0 bridgehead atoms. The lowest BCUT2D eigenvalue weighted by Gasteiger charge is -2.30. The molecule has 0 radical (unpaired) electrons. The van der Waals surface area contributed by atoms with Crippen LogP contribution in [0.4, 0.5) is 0 Å². The molecule has 0 spiro atoms. The molecule has 128 valence electrons. The number of rotatable bonds is 4. The van der Waals surface area contributed by atoms with E-state index in [1.54, 1.807) is 12.4 Å². The summed E-state index contributed by atoms with van der Waals surface area (Å²) in [6.07, 6.45) is 5.60. The van der Waals surface area contributed by atoms with Gasteiger partial charge < -0.3 is 4.42 Å². The van der Waals surface area contributed by atoms with E-state index in [4.69, 9.17) is 4.42 Å². The van der Waals surface area contributed by atoms with Crippen molar-refractivity contribution in [1.29, 1.82) is 0 Å². The fourth-order valence-electron chi connectivity index (χ4n) is 3.38. The van der Waals surface area contributed by atoms with E-state index in [9.17, 15) is 0 Å². The lowest BCUT2D eigenvalue weighted by molar-refractivity contribution is 0.193. The second-order valence-corrected chi connectivity index (χ2v) is 6.66. The van der Waals surface area contributed by atoms with Crippen LogP contribution in [0.15, 0.2) is 53.2 Å². The van der Waals surface area contributed by atoms with E-state index >= 15 is 0 Å². The zero-order valence-corrected chi connectivity index (χ0v) is 14.4. The van der Waals surface area contributed by atoms with Gasteiger partial charge in [-0.25, -0.2) is 0 Å². The molecule has 5 nitrogen and oxygen atoms in total. The van der Waals surface area contributed by atoms with Crippen LogP contribution in [0.5, 0.6) is 0 Å². The van der Waals surface area contributed by atoms with Gasteiger partial charge in [-0.15, -0.1) is 10.2 Å². The van der Waals surface area contributed by atoms with Crippen molar-refractivity contribution in [3.05, 3.63) is 65.8 Å². The van der Waals surface area contributed by atoms with Crippen LogP contribution >= 0.6 is 0 Å². The third-order valence-electron chi connectivity index (χ3n) is 4.96. The summed E-state index contributed by atoms with van der Waals surface area (Å²) in [6, 6.07) is 12.4. The fraction of sp³-hybridized carbons (Fsp3) is 0.350. The summed E-state index contributed by atoms with van der Waals surface area (Å²) in [5.41, 5.74) is 3.70. The molecule has 3 aromatic rings. The van der Waals surface area contributed by atoms with Gasteiger partial charge >= 0.3 is 0 Å². The van der Waals surface area contributed by atoms with Crippen molar-refractivity contribution in [3.8, 4) is 11.5 Å². The Hall–Kier alpha value is -2.53. The van der Waals surface area contributed by atoms with Gasteiger partial charge in [-0.1, -0.05) is 24.3 Å². The van der Waals surface area contributed by atoms with E-state index in [0.717, 1.165) is 43.9 Å². The number of likely N-dealkylation sites (tertiary alicyclic amines) is 1. The predicted octanol–water partition coefficient (Wildman–Crippen LogP) is 3.82. The summed E-state index contributed by atoms with van der Waals surface area (Å²) in [7, 11) is 0. The molecule has 0 N–H and O–H groups in total. The monoisotopic (exact) mass is 334 g/mol. The molecule has 1 aliphatic heterocycles. The Labute approximate surface area is 147 Å². The van der Waals surface area contributed by atoms with E-state index in [1.165, 1.54) is 11.1 Å². The number of nitrogens with zero attached hydrogens (tertiary/aromatic N) is 4. The largest absolute Gasteiger partial charge is 0.420 e. The van der Waals surface area contributed by atoms with Crippen LogP contribution in [0.1, 0.15) is 35.8 Å². The van der Waals surface area contributed by atoms with Crippen molar-refractivity contribution in [3.63, 3.8) is 0 Å². The van der Waals surface area contributed by atoms with Crippen molar-refractivity contribution in [2.24, 2.45) is 0 Å². The third kappa shape index (κ3) is 3.61. The number of aryl methyl sites for hydroxylation is 1. The van der Waals surface area contributed by atoms with Crippen LogP contribution < -0.4 is 0 Å². The van der Waals surface area contributed by atoms with Crippen molar-refractivity contribution in [1.82, 2.24) is 20.1 Å². The van der Waals surface area contributed by atoms with Crippen LogP contribution in [0.3, 0.4) is 0 Å². The standard InChI is InChI=1S/C20H22N4O/c1-15-4-2-3-5-18(15)14-24-12-8-17(9-13-24)20-23-22-19(25-20)16-6-10-21-11-7-16/h2-7,10-11,17H,8-9,12-14H2,1H3. The number of benzene rings is 1. The van der Waals surface area contributed by atoms with Crippen molar-refractivity contribution >= 4 is 0 Å². The average molecular weight is 334 g/mol. The summed E-state index contributed by atoms with van der Waals surface area (Å²) in [5, 5.41) is 8.49. The van der Waals surface area contributed by atoms with Gasteiger partial charge in [0.1, 0.15) is 0 Å². The first-order chi connectivity index (χ1) is 12.3. The first-order valence-corrected chi connectivity index (χ1v) is 8.80. The quantitative estimate of drug-likeness (QED) is 0.726. The van der Waals surface area contributed by atoms with Crippen molar-refractivity contribution in [2.75, 3.05) is 13.1 Å². The van der Waals surface area contributed by atoms with Gasteiger partial charge in [0.2, 0.25) is 11.8 Å². The SMILES string of the molecule is Cc1ccccc1CN1CCC(c2nnc(-c3ccncc3)o2)CC1. The fourth-order valence-corrected chi connectivity index (χ4v) is 3.38. The minimum absolute atomic E-state index is 0.358. The van der Waals surface area contributed by atoms with Gasteiger partial charge in [-0.3, -0.25) is 9.88 Å². The Kier molecular flexibility index (Phi) is 4.57. The molecule has 0 unspecified atom stereocenters. The van der Waals surface area contributed by atoms with Crippen LogP contribution in [-0.4, -0.2) is 33.2 Å². The maximum Gasteiger partial charge on any atom is 0.247 e. The Bertz CT molecular complexity index is 822. The lowest BCUT2D eigenvalue weighted by atomic mass is 9.96. The molecule has 1 aromatic carbocycles. The second kappa shape index (κ2) is 7.15. The molecule has 25 heavy (non-hydrogen) atoms. The smallest absolute Gasteiger partial charge is 0.247 e. The number of pyridine rings is 1. The number of aromatic nitrogens is 3. The highest BCUT2D eigenvalue weighted by Crippen LogP contribution is 2.29. The maximum atomic E-state index is 5.91. The molecule has 0 aliphatic carbocycles. The molecule has 1 fully saturated rings. The molecular formula is C20H22N4O. The topological polar surface area (TPSA) is 55.1 Å². The highest BCUT2D eigenvalue weighted by Gasteiger charge is 2.25.